The van der Waals surface area contributed by atoms with Gasteiger partial charge in [0, 0.05) is 36.8 Å². The Morgan fingerprint density at radius 3 is 1.79 bits per heavy atom. The molecule has 0 amide bonds. The summed E-state index contributed by atoms with van der Waals surface area (Å²) in [6, 6.07) is 12.3. The topological polar surface area (TPSA) is 166 Å². The van der Waals surface area contributed by atoms with Crippen LogP contribution >= 0.6 is 0 Å². The number of ether oxygens (including phenoxy) is 5. The van der Waals surface area contributed by atoms with E-state index in [1.807, 2.05) is 6.07 Å². The van der Waals surface area contributed by atoms with Crippen molar-refractivity contribution < 1.29 is 44.1 Å². The Morgan fingerprint density at radius 2 is 1.26 bits per heavy atom. The molecule has 1 aliphatic rings. The zero-order chi connectivity index (χ0) is 41.4. The van der Waals surface area contributed by atoms with Gasteiger partial charge in [-0.25, -0.2) is 15.0 Å². The van der Waals surface area contributed by atoms with E-state index >= 15 is 0 Å². The molecule has 1 aliphatic heterocycles. The number of pyridine rings is 3. The van der Waals surface area contributed by atoms with Crippen LogP contribution in [-0.4, -0.2) is 107 Å². The lowest BCUT2D eigenvalue weighted by Gasteiger charge is -2.39. The fourth-order valence-corrected chi connectivity index (χ4v) is 5.64. The molecule has 1 fully saturated rings. The zero-order valence-electron chi connectivity index (χ0n) is 33.3. The molecule has 0 radical (unpaired) electrons. The van der Waals surface area contributed by atoms with Gasteiger partial charge in [0.05, 0.1) is 33.0 Å². The number of aromatic nitrogens is 3. The van der Waals surface area contributed by atoms with Crippen LogP contribution in [0.2, 0.25) is 18.1 Å². The minimum atomic E-state index is -1.89. The summed E-state index contributed by atoms with van der Waals surface area (Å²) in [7, 11) is -1.89. The summed E-state index contributed by atoms with van der Waals surface area (Å²) in [6.07, 6.45) is -1.35. The SMILES string of the molecule is C=CCCOc1cc(C#Cc2cc(OCCC=C)cc(C#C[Si](C)(C)C(C)(C)C)n2)nc(C#Cc2cccc(OCCCO[C@H]3O[C@H](CO)[C@@H](O)[C@H](O)[C@H]3O)n2)c1. The van der Waals surface area contributed by atoms with Crippen LogP contribution in [0.5, 0.6) is 17.4 Å². The van der Waals surface area contributed by atoms with E-state index in [0.29, 0.717) is 78.3 Å². The third-order valence-electron chi connectivity index (χ3n) is 9.19. The third-order valence-corrected chi connectivity index (χ3v) is 13.7. The second-order valence-corrected chi connectivity index (χ2v) is 19.8. The average molecular weight is 796 g/mol. The molecule has 0 aromatic carbocycles. The molecule has 0 unspecified atom stereocenters. The minimum absolute atomic E-state index is 0.0962. The van der Waals surface area contributed by atoms with Crippen LogP contribution < -0.4 is 14.2 Å². The van der Waals surface area contributed by atoms with Gasteiger partial charge in [-0.2, -0.15) is 0 Å². The van der Waals surface area contributed by atoms with Gasteiger partial charge in [0.2, 0.25) is 5.88 Å². The summed E-state index contributed by atoms with van der Waals surface area (Å²) >= 11 is 0. The van der Waals surface area contributed by atoms with E-state index in [-0.39, 0.29) is 18.3 Å². The Bertz CT molecular complexity index is 2010. The van der Waals surface area contributed by atoms with Gasteiger partial charge < -0.3 is 44.1 Å². The monoisotopic (exact) mass is 795 g/mol. The van der Waals surface area contributed by atoms with Crippen molar-refractivity contribution in [3.05, 3.63) is 96.2 Å². The average Bonchev–Trinajstić information content (AvgIpc) is 3.18. The molecule has 3 aromatic rings. The number of hydrogen-bond donors (Lipinski definition) is 4. The molecule has 12 nitrogen and oxygen atoms in total. The molecule has 13 heteroatoms. The largest absolute Gasteiger partial charge is 0.493 e. The Morgan fingerprint density at radius 1 is 0.719 bits per heavy atom. The molecule has 4 rings (SSSR count). The first kappa shape index (κ1) is 44.7. The first-order valence-corrected chi connectivity index (χ1v) is 21.8. The summed E-state index contributed by atoms with van der Waals surface area (Å²) in [6.45, 7) is 19.4. The standard InChI is InChI=1S/C44H53N3O9Si/c1-8-10-21-52-36-26-32(17-16-31-14-12-15-39(47-31)54-23-13-24-55-43-42(51)41(50)40(49)38(30-48)56-43)45-33(27-36)18-19-34-28-37(53-22-11-9-2)29-35(46-34)20-25-57(6,7)44(3,4)5/h8-9,12,14-15,26-29,38,40-43,48-51H,1-2,10-11,13,21-24,30H2,3-7H3/t38-,40-,41+,42-,43+/m1/s1. The molecule has 4 N–H and O–H groups in total. The molecular weight excluding hydrogens is 743 g/mol. The van der Waals surface area contributed by atoms with Gasteiger partial charge in [-0.1, -0.05) is 58.0 Å². The first-order chi connectivity index (χ1) is 27.2. The molecule has 4 heterocycles. The predicted molar refractivity (Wildman–Crippen MR) is 219 cm³/mol. The van der Waals surface area contributed by atoms with Gasteiger partial charge in [0.15, 0.2) is 6.29 Å². The molecule has 5 atom stereocenters. The number of aliphatic hydroxyl groups is 4. The van der Waals surface area contributed by atoms with Gasteiger partial charge in [0.1, 0.15) is 72.5 Å². The van der Waals surface area contributed by atoms with Crippen molar-refractivity contribution in [2.24, 2.45) is 0 Å². The maximum atomic E-state index is 10.1. The van der Waals surface area contributed by atoms with Crippen molar-refractivity contribution in [1.29, 1.82) is 0 Å². The van der Waals surface area contributed by atoms with Crippen LogP contribution in [0.4, 0.5) is 0 Å². The van der Waals surface area contributed by atoms with Gasteiger partial charge in [-0.05, 0) is 47.6 Å². The Kier molecular flexibility index (Phi) is 16.9. The van der Waals surface area contributed by atoms with Crippen molar-refractivity contribution in [1.82, 2.24) is 15.0 Å². The summed E-state index contributed by atoms with van der Waals surface area (Å²) < 4.78 is 28.6. The lowest BCUT2D eigenvalue weighted by atomic mass is 9.99. The van der Waals surface area contributed by atoms with E-state index in [2.05, 4.69) is 92.1 Å². The Labute approximate surface area is 337 Å². The first-order valence-electron chi connectivity index (χ1n) is 18.8. The summed E-state index contributed by atoms with van der Waals surface area (Å²) in [4.78, 5) is 13.9. The third kappa shape index (κ3) is 13.9. The van der Waals surface area contributed by atoms with E-state index in [4.69, 9.17) is 28.7 Å². The van der Waals surface area contributed by atoms with Gasteiger partial charge in [0.25, 0.3) is 0 Å². The minimum Gasteiger partial charge on any atom is -0.493 e. The fraction of sp³-hybridized carbons (Fsp3) is 0.432. The second-order valence-electron chi connectivity index (χ2n) is 14.8. The van der Waals surface area contributed by atoms with Crippen LogP contribution in [-0.2, 0) is 9.47 Å². The highest BCUT2D eigenvalue weighted by Gasteiger charge is 2.44. The van der Waals surface area contributed by atoms with Crippen molar-refractivity contribution in [2.45, 2.75) is 88.9 Å². The van der Waals surface area contributed by atoms with Crippen LogP contribution in [0.15, 0.2) is 67.8 Å². The Balaban J connectivity index is 1.50. The highest BCUT2D eigenvalue weighted by atomic mass is 28.3. The number of nitrogens with zero attached hydrogens (tertiary/aromatic N) is 3. The number of hydrogen-bond acceptors (Lipinski definition) is 12. The highest BCUT2D eigenvalue weighted by Crippen LogP contribution is 2.35. The molecule has 1 saturated heterocycles. The van der Waals surface area contributed by atoms with Crippen molar-refractivity contribution in [2.75, 3.05) is 33.0 Å². The highest BCUT2D eigenvalue weighted by molar-refractivity contribution is 6.87. The van der Waals surface area contributed by atoms with Crippen LogP contribution in [0.1, 0.15) is 68.5 Å². The predicted octanol–water partition coefficient (Wildman–Crippen LogP) is 4.57. The van der Waals surface area contributed by atoms with Gasteiger partial charge >= 0.3 is 0 Å². The Hall–Kier alpha value is -5.01. The molecule has 302 valence electrons. The van der Waals surface area contributed by atoms with Crippen LogP contribution in [0, 0.1) is 35.1 Å². The van der Waals surface area contributed by atoms with Gasteiger partial charge in [-0.15, -0.1) is 18.7 Å². The summed E-state index contributed by atoms with van der Waals surface area (Å²) in [5, 5.41) is 39.5. The lowest BCUT2D eigenvalue weighted by Crippen LogP contribution is -2.59. The molecular formula is C44H53N3O9Si. The van der Waals surface area contributed by atoms with Gasteiger partial charge in [-0.3, -0.25) is 0 Å². The van der Waals surface area contributed by atoms with E-state index < -0.39 is 45.4 Å². The zero-order valence-corrected chi connectivity index (χ0v) is 34.3. The summed E-state index contributed by atoms with van der Waals surface area (Å²) in [5.74, 6) is 17.2. The lowest BCUT2D eigenvalue weighted by molar-refractivity contribution is -0.301. The molecule has 0 saturated carbocycles. The van der Waals surface area contributed by atoms with E-state index in [1.54, 1.807) is 48.6 Å². The van der Waals surface area contributed by atoms with E-state index in [9.17, 15) is 20.4 Å². The normalized spacial score (nSPS) is 19.1. The smallest absolute Gasteiger partial charge is 0.214 e. The number of rotatable bonds is 15. The van der Waals surface area contributed by atoms with Crippen LogP contribution in [0.25, 0.3) is 0 Å². The van der Waals surface area contributed by atoms with Crippen LogP contribution in [0.3, 0.4) is 0 Å². The maximum Gasteiger partial charge on any atom is 0.214 e. The molecule has 0 bridgehead atoms. The van der Waals surface area contributed by atoms with Crippen molar-refractivity contribution >= 4 is 8.07 Å². The van der Waals surface area contributed by atoms with E-state index in [0.717, 1.165) is 0 Å². The van der Waals surface area contributed by atoms with Crippen molar-refractivity contribution in [3.8, 4) is 52.5 Å². The summed E-state index contributed by atoms with van der Waals surface area (Å²) in [5.41, 5.74) is 5.89. The molecule has 0 aliphatic carbocycles. The fourth-order valence-electron chi connectivity index (χ4n) is 4.82. The quantitative estimate of drug-likeness (QED) is 0.0735. The molecule has 3 aromatic heterocycles. The molecule has 0 spiro atoms. The van der Waals surface area contributed by atoms with Crippen molar-refractivity contribution in [3.63, 3.8) is 0 Å². The number of aliphatic hydroxyl groups excluding tert-OH is 4. The maximum absolute atomic E-state index is 10.1. The molecule has 57 heavy (non-hydrogen) atoms. The second kappa shape index (κ2) is 21.5. The van der Waals surface area contributed by atoms with E-state index in [1.165, 1.54) is 0 Å².